The summed E-state index contributed by atoms with van der Waals surface area (Å²) >= 11 is 0. The number of hydrogen-bond acceptors (Lipinski definition) is 5. The molecule has 160 valence electrons. The van der Waals surface area contributed by atoms with E-state index in [-0.39, 0.29) is 18.1 Å². The first kappa shape index (κ1) is 19.5. The largest absolute Gasteiger partial charge is 0.491 e. The number of likely N-dealkylation sites (tertiary alicyclic amines) is 1. The van der Waals surface area contributed by atoms with Crippen molar-refractivity contribution in [1.29, 1.82) is 0 Å². The third kappa shape index (κ3) is 3.95. The summed E-state index contributed by atoms with van der Waals surface area (Å²) < 4.78 is 13.7. The summed E-state index contributed by atoms with van der Waals surface area (Å²) in [6.45, 7) is 3.13. The molecule has 7 heteroatoms. The molecule has 0 bridgehead atoms. The normalized spacial score (nSPS) is 23.9. The van der Waals surface area contributed by atoms with Crippen LogP contribution in [0.2, 0.25) is 0 Å². The molecule has 1 amide bonds. The van der Waals surface area contributed by atoms with E-state index >= 15 is 0 Å². The van der Waals surface area contributed by atoms with E-state index in [1.165, 1.54) is 12.8 Å². The average molecular weight is 411 g/mol. The summed E-state index contributed by atoms with van der Waals surface area (Å²) in [5.74, 6) is 2.89. The van der Waals surface area contributed by atoms with Gasteiger partial charge in [0.1, 0.15) is 18.2 Å². The molecular weight excluding hydrogens is 380 g/mol. The molecule has 5 rings (SSSR count). The van der Waals surface area contributed by atoms with Crippen LogP contribution in [0, 0.1) is 0 Å². The summed E-state index contributed by atoms with van der Waals surface area (Å²) in [5, 5.41) is 8.95. The van der Waals surface area contributed by atoms with Crippen molar-refractivity contribution in [3.8, 4) is 5.75 Å². The topological polar surface area (TPSA) is 69.5 Å². The van der Waals surface area contributed by atoms with Gasteiger partial charge in [0, 0.05) is 31.7 Å². The molecule has 1 aromatic carbocycles. The van der Waals surface area contributed by atoms with Crippen LogP contribution in [0.25, 0.3) is 0 Å². The van der Waals surface area contributed by atoms with Gasteiger partial charge in [0.05, 0.1) is 12.1 Å². The molecule has 2 saturated heterocycles. The van der Waals surface area contributed by atoms with E-state index in [0.717, 1.165) is 75.6 Å². The highest BCUT2D eigenvalue weighted by atomic mass is 16.5. The Balaban J connectivity index is 1.27. The van der Waals surface area contributed by atoms with Gasteiger partial charge in [-0.3, -0.25) is 4.79 Å². The van der Waals surface area contributed by atoms with Gasteiger partial charge in [-0.1, -0.05) is 6.42 Å². The molecule has 0 aliphatic carbocycles. The Kier molecular flexibility index (Phi) is 5.71. The fraction of sp³-hybridized carbons (Fsp3) is 0.609. The minimum atomic E-state index is 0.0206. The van der Waals surface area contributed by atoms with Crippen molar-refractivity contribution in [2.45, 2.75) is 70.1 Å². The number of hydrogen-bond donors (Lipinski definition) is 0. The van der Waals surface area contributed by atoms with Gasteiger partial charge in [-0.05, 0) is 62.8 Å². The molecular formula is C23H30N4O3. The number of rotatable bonds is 5. The molecule has 0 N–H and O–H groups in total. The van der Waals surface area contributed by atoms with Crippen molar-refractivity contribution in [1.82, 2.24) is 19.7 Å². The Hall–Kier alpha value is -2.41. The van der Waals surface area contributed by atoms with Crippen molar-refractivity contribution < 1.29 is 14.3 Å². The molecule has 2 atom stereocenters. The second-order valence-corrected chi connectivity index (χ2v) is 8.56. The van der Waals surface area contributed by atoms with Crippen LogP contribution in [0.3, 0.4) is 0 Å². The maximum Gasteiger partial charge on any atom is 0.254 e. The molecule has 7 nitrogen and oxygen atoms in total. The lowest BCUT2D eigenvalue weighted by Crippen LogP contribution is -2.32. The Morgan fingerprint density at radius 2 is 1.93 bits per heavy atom. The minimum Gasteiger partial charge on any atom is -0.491 e. The Morgan fingerprint density at radius 3 is 2.77 bits per heavy atom. The number of benzene rings is 1. The fourth-order valence-electron chi connectivity index (χ4n) is 4.86. The van der Waals surface area contributed by atoms with Crippen molar-refractivity contribution in [2.24, 2.45) is 0 Å². The van der Waals surface area contributed by atoms with Crippen LogP contribution in [0.15, 0.2) is 24.3 Å². The van der Waals surface area contributed by atoms with Crippen molar-refractivity contribution in [3.63, 3.8) is 0 Å². The van der Waals surface area contributed by atoms with Crippen molar-refractivity contribution in [2.75, 3.05) is 19.8 Å². The molecule has 4 heterocycles. The fourth-order valence-corrected chi connectivity index (χ4v) is 4.86. The lowest BCUT2D eigenvalue weighted by Gasteiger charge is -2.25. The van der Waals surface area contributed by atoms with E-state index in [0.29, 0.717) is 12.2 Å². The quantitative estimate of drug-likeness (QED) is 0.754. The maximum atomic E-state index is 13.3. The van der Waals surface area contributed by atoms with E-state index in [9.17, 15) is 4.79 Å². The van der Waals surface area contributed by atoms with Gasteiger partial charge >= 0.3 is 0 Å². The molecule has 2 unspecified atom stereocenters. The van der Waals surface area contributed by atoms with Gasteiger partial charge in [0.2, 0.25) is 0 Å². The standard InChI is InChI=1S/C23H30N4O3/c28-23(17-9-11-18(12-10-17)30-16-19-6-5-15-29-19)26-14-4-7-20(26)22-25-24-21-8-2-1-3-13-27(21)22/h9-12,19-20H,1-8,13-16H2. The first-order chi connectivity index (χ1) is 14.8. The zero-order valence-electron chi connectivity index (χ0n) is 17.5. The summed E-state index contributed by atoms with van der Waals surface area (Å²) in [4.78, 5) is 15.3. The molecule has 3 aliphatic heterocycles. The predicted molar refractivity (Wildman–Crippen MR) is 111 cm³/mol. The van der Waals surface area contributed by atoms with Crippen LogP contribution in [0.1, 0.15) is 73.0 Å². The van der Waals surface area contributed by atoms with E-state index in [4.69, 9.17) is 9.47 Å². The lowest BCUT2D eigenvalue weighted by atomic mass is 10.1. The predicted octanol–water partition coefficient (Wildman–Crippen LogP) is 3.54. The van der Waals surface area contributed by atoms with Gasteiger partial charge in [-0.15, -0.1) is 10.2 Å². The van der Waals surface area contributed by atoms with Crippen LogP contribution in [-0.4, -0.2) is 51.4 Å². The Bertz CT molecular complexity index is 873. The van der Waals surface area contributed by atoms with Crippen LogP contribution in [0.4, 0.5) is 0 Å². The summed E-state index contributed by atoms with van der Waals surface area (Å²) in [6, 6.07) is 7.53. The van der Waals surface area contributed by atoms with Gasteiger partial charge in [-0.2, -0.15) is 0 Å². The van der Waals surface area contributed by atoms with E-state index in [1.54, 1.807) is 0 Å². The minimum absolute atomic E-state index is 0.0206. The first-order valence-electron chi connectivity index (χ1n) is 11.4. The molecule has 30 heavy (non-hydrogen) atoms. The summed E-state index contributed by atoms with van der Waals surface area (Å²) in [7, 11) is 0. The number of carbonyl (C=O) groups is 1. The molecule has 2 fully saturated rings. The SMILES string of the molecule is O=C(c1ccc(OCC2CCCO2)cc1)N1CCCC1c1nnc2n1CCCCC2. The zero-order valence-corrected chi connectivity index (χ0v) is 17.5. The van der Waals surface area contributed by atoms with Gasteiger partial charge in [0.25, 0.3) is 5.91 Å². The third-order valence-electron chi connectivity index (χ3n) is 6.51. The smallest absolute Gasteiger partial charge is 0.254 e. The molecule has 2 aromatic rings. The Labute approximate surface area is 177 Å². The second-order valence-electron chi connectivity index (χ2n) is 8.56. The number of amides is 1. The highest BCUT2D eigenvalue weighted by Gasteiger charge is 2.34. The van der Waals surface area contributed by atoms with E-state index in [1.807, 2.05) is 29.2 Å². The van der Waals surface area contributed by atoms with E-state index in [2.05, 4.69) is 14.8 Å². The van der Waals surface area contributed by atoms with Crippen LogP contribution in [-0.2, 0) is 17.7 Å². The van der Waals surface area contributed by atoms with Crippen LogP contribution < -0.4 is 4.74 Å². The van der Waals surface area contributed by atoms with Crippen molar-refractivity contribution >= 4 is 5.91 Å². The third-order valence-corrected chi connectivity index (χ3v) is 6.51. The number of carbonyl (C=O) groups excluding carboxylic acids is 1. The monoisotopic (exact) mass is 410 g/mol. The number of aromatic nitrogens is 3. The molecule has 3 aliphatic rings. The molecule has 0 spiro atoms. The van der Waals surface area contributed by atoms with Gasteiger partial charge in [-0.25, -0.2) is 0 Å². The maximum absolute atomic E-state index is 13.3. The summed E-state index contributed by atoms with van der Waals surface area (Å²) in [5.41, 5.74) is 0.696. The number of ether oxygens (including phenoxy) is 2. The van der Waals surface area contributed by atoms with Crippen LogP contribution >= 0.6 is 0 Å². The molecule has 0 saturated carbocycles. The van der Waals surface area contributed by atoms with E-state index < -0.39 is 0 Å². The molecule has 0 radical (unpaired) electrons. The van der Waals surface area contributed by atoms with Gasteiger partial charge in [0.15, 0.2) is 5.82 Å². The van der Waals surface area contributed by atoms with Crippen LogP contribution in [0.5, 0.6) is 5.75 Å². The number of nitrogens with zero attached hydrogens (tertiary/aromatic N) is 4. The second kappa shape index (κ2) is 8.76. The highest BCUT2D eigenvalue weighted by Crippen LogP contribution is 2.33. The van der Waals surface area contributed by atoms with Gasteiger partial charge < -0.3 is 18.9 Å². The highest BCUT2D eigenvalue weighted by molar-refractivity contribution is 5.94. The lowest BCUT2D eigenvalue weighted by molar-refractivity contribution is 0.0678. The average Bonchev–Trinajstić information content (AvgIpc) is 3.51. The summed E-state index contributed by atoms with van der Waals surface area (Å²) in [6.07, 6.45) is 8.85. The molecule has 1 aromatic heterocycles. The zero-order chi connectivity index (χ0) is 20.3. The number of aryl methyl sites for hydroxylation is 1. The Morgan fingerprint density at radius 1 is 1.03 bits per heavy atom. The van der Waals surface area contributed by atoms with Crippen molar-refractivity contribution in [3.05, 3.63) is 41.5 Å². The number of fused-ring (bicyclic) bond motifs is 1. The first-order valence-corrected chi connectivity index (χ1v) is 11.4.